The first-order valence-corrected chi connectivity index (χ1v) is 6.99. The van der Waals surface area contributed by atoms with Crippen LogP contribution in [0.15, 0.2) is 5.51 Å². The highest BCUT2D eigenvalue weighted by molar-refractivity contribution is 7.92. The van der Waals surface area contributed by atoms with E-state index in [1.807, 2.05) is 6.92 Å². The highest BCUT2D eigenvalue weighted by Gasteiger charge is 2.12. The van der Waals surface area contributed by atoms with Crippen LogP contribution in [-0.2, 0) is 16.6 Å². The van der Waals surface area contributed by atoms with Gasteiger partial charge in [-0.15, -0.1) is 11.3 Å². The van der Waals surface area contributed by atoms with Gasteiger partial charge in [0.25, 0.3) is 0 Å². The Hall–Kier alpha value is -0.570. The highest BCUT2D eigenvalue weighted by atomic mass is 32.2. The first-order chi connectivity index (χ1) is 6.91. The van der Waals surface area contributed by atoms with Gasteiger partial charge in [0.05, 0.1) is 16.2 Å². The van der Waals surface area contributed by atoms with Gasteiger partial charge < -0.3 is 5.73 Å². The molecule has 3 N–H and O–H groups in total. The first-order valence-electron chi connectivity index (χ1n) is 4.05. The van der Waals surface area contributed by atoms with Crippen LogP contribution in [0.5, 0.6) is 0 Å². The Bertz CT molecular complexity index is 452. The van der Waals surface area contributed by atoms with Crippen LogP contribution < -0.4 is 10.5 Å². The summed E-state index contributed by atoms with van der Waals surface area (Å²) in [7, 11) is -3.41. The van der Waals surface area contributed by atoms with Crippen molar-refractivity contribution in [2.45, 2.75) is 13.5 Å². The summed E-state index contributed by atoms with van der Waals surface area (Å²) >= 11 is 5.94. The molecular formula is C7H11N3O2S3. The summed E-state index contributed by atoms with van der Waals surface area (Å²) in [5.41, 5.74) is 7.66. The molecule has 0 saturated heterocycles. The number of hydrogen-bond donors (Lipinski definition) is 2. The van der Waals surface area contributed by atoms with Crippen LogP contribution in [0, 0.1) is 6.92 Å². The van der Waals surface area contributed by atoms with Crippen molar-refractivity contribution in [1.82, 2.24) is 9.71 Å². The molecular weight excluding hydrogens is 254 g/mol. The fraction of sp³-hybridized carbons (Fsp3) is 0.429. The van der Waals surface area contributed by atoms with E-state index in [2.05, 4.69) is 21.9 Å². The van der Waals surface area contributed by atoms with Crippen molar-refractivity contribution in [3.05, 3.63) is 16.1 Å². The van der Waals surface area contributed by atoms with Gasteiger partial charge >= 0.3 is 0 Å². The highest BCUT2D eigenvalue weighted by Crippen LogP contribution is 2.11. The predicted octanol–water partition coefficient (Wildman–Crippen LogP) is 0.157. The van der Waals surface area contributed by atoms with E-state index in [9.17, 15) is 8.42 Å². The molecule has 0 aliphatic heterocycles. The van der Waals surface area contributed by atoms with Crippen LogP contribution in [0.2, 0.25) is 0 Å². The predicted molar refractivity (Wildman–Crippen MR) is 64.3 cm³/mol. The van der Waals surface area contributed by atoms with Crippen molar-refractivity contribution in [1.29, 1.82) is 0 Å². The van der Waals surface area contributed by atoms with Gasteiger partial charge in [-0.2, -0.15) is 0 Å². The maximum absolute atomic E-state index is 11.4. The average Bonchev–Trinajstić information content (AvgIpc) is 2.45. The van der Waals surface area contributed by atoms with Crippen molar-refractivity contribution in [3.63, 3.8) is 0 Å². The van der Waals surface area contributed by atoms with Gasteiger partial charge in [0.15, 0.2) is 0 Å². The van der Waals surface area contributed by atoms with Gasteiger partial charge in [-0.25, -0.2) is 18.1 Å². The number of nitrogens with two attached hydrogens (primary N) is 1. The van der Waals surface area contributed by atoms with Crippen LogP contribution in [0.3, 0.4) is 0 Å². The van der Waals surface area contributed by atoms with Crippen LogP contribution in [0.1, 0.15) is 10.6 Å². The average molecular weight is 265 g/mol. The second-order valence-corrected chi connectivity index (χ2v) is 6.18. The molecule has 5 nitrogen and oxygen atoms in total. The topological polar surface area (TPSA) is 85.1 Å². The summed E-state index contributed by atoms with van der Waals surface area (Å²) in [6.07, 6.45) is 0. The monoisotopic (exact) mass is 265 g/mol. The van der Waals surface area contributed by atoms with Crippen molar-refractivity contribution < 1.29 is 8.42 Å². The van der Waals surface area contributed by atoms with Gasteiger partial charge in [0.2, 0.25) is 10.0 Å². The number of aryl methyl sites for hydroxylation is 1. The number of rotatable bonds is 5. The number of thiocarbonyl (C=S) groups is 1. The van der Waals surface area contributed by atoms with Crippen LogP contribution in [0.25, 0.3) is 0 Å². The normalized spacial score (nSPS) is 11.5. The molecule has 0 unspecified atom stereocenters. The minimum Gasteiger partial charge on any atom is -0.392 e. The maximum atomic E-state index is 11.4. The maximum Gasteiger partial charge on any atom is 0.218 e. The molecule has 0 amide bonds. The minimum absolute atomic E-state index is 0.0384. The molecule has 1 aromatic rings. The zero-order valence-corrected chi connectivity index (χ0v) is 10.5. The smallest absolute Gasteiger partial charge is 0.218 e. The molecule has 84 valence electrons. The SMILES string of the molecule is Cc1ncsc1CNS(=O)(=O)CC(N)=S. The summed E-state index contributed by atoms with van der Waals surface area (Å²) in [6, 6.07) is 0. The number of aromatic nitrogens is 1. The van der Waals surface area contributed by atoms with Gasteiger partial charge in [-0.05, 0) is 6.92 Å². The summed E-state index contributed by atoms with van der Waals surface area (Å²) in [5.74, 6) is -0.319. The lowest BCUT2D eigenvalue weighted by molar-refractivity contribution is 0.586. The number of hydrogen-bond acceptors (Lipinski definition) is 5. The molecule has 8 heteroatoms. The number of thiazole rings is 1. The van der Waals surface area contributed by atoms with Gasteiger partial charge in [0.1, 0.15) is 5.75 Å². The largest absolute Gasteiger partial charge is 0.392 e. The molecule has 15 heavy (non-hydrogen) atoms. The molecule has 0 saturated carbocycles. The third-order valence-electron chi connectivity index (χ3n) is 1.63. The molecule has 0 aliphatic carbocycles. The van der Waals surface area contributed by atoms with Crippen molar-refractivity contribution in [2.75, 3.05) is 5.75 Å². The lowest BCUT2D eigenvalue weighted by atomic mass is 10.4. The molecule has 0 atom stereocenters. The van der Waals surface area contributed by atoms with E-state index in [-0.39, 0.29) is 17.3 Å². The molecule has 0 radical (unpaired) electrons. The second-order valence-electron chi connectivity index (χ2n) is 2.91. The zero-order valence-electron chi connectivity index (χ0n) is 8.06. The summed E-state index contributed by atoms with van der Waals surface area (Å²) in [6.45, 7) is 2.06. The number of sulfonamides is 1. The lowest BCUT2D eigenvalue weighted by Crippen LogP contribution is -2.31. The Kier molecular flexibility index (Phi) is 4.14. The van der Waals surface area contributed by atoms with E-state index >= 15 is 0 Å². The first kappa shape index (κ1) is 12.5. The Balaban J connectivity index is 2.58. The van der Waals surface area contributed by atoms with Gasteiger partial charge in [-0.1, -0.05) is 12.2 Å². The molecule has 0 spiro atoms. The second kappa shape index (κ2) is 4.97. The number of nitrogens with one attached hydrogen (secondary N) is 1. The van der Waals surface area contributed by atoms with E-state index in [0.29, 0.717) is 0 Å². The summed E-state index contributed by atoms with van der Waals surface area (Å²) in [4.78, 5) is 4.86. The van der Waals surface area contributed by atoms with Crippen molar-refractivity contribution in [3.8, 4) is 0 Å². The molecule has 0 fully saturated rings. The van der Waals surface area contributed by atoms with Crippen LogP contribution >= 0.6 is 23.6 Å². The number of nitrogens with zero attached hydrogens (tertiary/aromatic N) is 1. The van der Waals surface area contributed by atoms with Crippen molar-refractivity contribution in [2.24, 2.45) is 5.73 Å². The van der Waals surface area contributed by atoms with E-state index < -0.39 is 10.0 Å². The third kappa shape index (κ3) is 4.20. The fourth-order valence-electron chi connectivity index (χ4n) is 0.910. The van der Waals surface area contributed by atoms with Crippen LogP contribution in [-0.4, -0.2) is 24.1 Å². The van der Waals surface area contributed by atoms with Crippen molar-refractivity contribution >= 4 is 38.6 Å². The lowest BCUT2D eigenvalue weighted by Gasteiger charge is -2.04. The van der Waals surface area contributed by atoms with E-state index in [1.165, 1.54) is 11.3 Å². The van der Waals surface area contributed by atoms with E-state index in [0.717, 1.165) is 10.6 Å². The standard InChI is InChI=1S/C7H11N3O2S3/c1-5-6(14-4-9-5)2-10-15(11,12)3-7(8)13/h4,10H,2-3H2,1H3,(H2,8,13). The van der Waals surface area contributed by atoms with E-state index in [1.54, 1.807) is 5.51 Å². The summed E-state index contributed by atoms with van der Waals surface area (Å²) < 4.78 is 25.1. The molecule has 1 rings (SSSR count). The van der Waals surface area contributed by atoms with Gasteiger partial charge in [-0.3, -0.25) is 0 Å². The fourth-order valence-corrected chi connectivity index (χ4v) is 3.02. The Morgan fingerprint density at radius 3 is 2.87 bits per heavy atom. The Morgan fingerprint density at radius 2 is 2.40 bits per heavy atom. The summed E-state index contributed by atoms with van der Waals surface area (Å²) in [5, 5.41) is 0. The van der Waals surface area contributed by atoms with Gasteiger partial charge in [0, 0.05) is 11.4 Å². The quantitative estimate of drug-likeness (QED) is 0.741. The minimum atomic E-state index is -3.41. The molecule has 0 bridgehead atoms. The molecule has 1 heterocycles. The third-order valence-corrected chi connectivity index (χ3v) is 4.17. The molecule has 0 aliphatic rings. The Morgan fingerprint density at radius 1 is 1.73 bits per heavy atom. The Labute approximate surface area is 97.8 Å². The van der Waals surface area contributed by atoms with Crippen LogP contribution in [0.4, 0.5) is 0 Å². The zero-order chi connectivity index (χ0) is 11.5. The van der Waals surface area contributed by atoms with E-state index in [4.69, 9.17) is 5.73 Å². The molecule has 0 aromatic carbocycles. The molecule has 1 aromatic heterocycles.